The SMILES string of the molecule is CC(C)C1CC2CCC(C1)N2.Cl. The Labute approximate surface area is 81.7 Å². The molecule has 1 nitrogen and oxygen atoms in total. The quantitative estimate of drug-likeness (QED) is 0.669. The molecular weight excluding hydrogens is 170 g/mol. The zero-order valence-electron chi connectivity index (χ0n) is 8.05. The lowest BCUT2D eigenvalue weighted by molar-refractivity contribution is 0.240. The van der Waals surface area contributed by atoms with Crippen LogP contribution in [0, 0.1) is 11.8 Å². The van der Waals surface area contributed by atoms with Gasteiger partial charge in [-0.15, -0.1) is 12.4 Å². The first-order chi connectivity index (χ1) is 5.25. The fourth-order valence-corrected chi connectivity index (χ4v) is 2.65. The van der Waals surface area contributed by atoms with Crippen LogP contribution < -0.4 is 5.32 Å². The molecule has 0 aromatic carbocycles. The van der Waals surface area contributed by atoms with E-state index in [1.807, 2.05) is 0 Å². The third kappa shape index (κ3) is 1.94. The minimum atomic E-state index is 0. The van der Waals surface area contributed by atoms with Crippen molar-refractivity contribution in [2.45, 2.75) is 51.6 Å². The number of piperidine rings is 1. The number of hydrogen-bond acceptors (Lipinski definition) is 1. The summed E-state index contributed by atoms with van der Waals surface area (Å²) in [6.07, 6.45) is 5.75. The predicted octanol–water partition coefficient (Wildman–Crippen LogP) is 2.59. The third-order valence-corrected chi connectivity index (χ3v) is 3.45. The average Bonchev–Trinajstić information content (AvgIpc) is 2.30. The van der Waals surface area contributed by atoms with Gasteiger partial charge in [-0.05, 0) is 37.5 Å². The molecule has 0 amide bonds. The van der Waals surface area contributed by atoms with Crippen LogP contribution in [0.25, 0.3) is 0 Å². The highest BCUT2D eigenvalue weighted by Gasteiger charge is 2.34. The van der Waals surface area contributed by atoms with E-state index in [1.165, 1.54) is 25.7 Å². The summed E-state index contributed by atoms with van der Waals surface area (Å²) in [5.74, 6) is 1.91. The lowest BCUT2D eigenvalue weighted by atomic mass is 9.84. The van der Waals surface area contributed by atoms with E-state index >= 15 is 0 Å². The van der Waals surface area contributed by atoms with Gasteiger partial charge in [0.1, 0.15) is 0 Å². The molecule has 2 unspecified atom stereocenters. The Morgan fingerprint density at radius 1 is 1.08 bits per heavy atom. The zero-order valence-corrected chi connectivity index (χ0v) is 8.86. The molecule has 0 aliphatic carbocycles. The van der Waals surface area contributed by atoms with Gasteiger partial charge in [0, 0.05) is 12.1 Å². The van der Waals surface area contributed by atoms with E-state index in [-0.39, 0.29) is 12.4 Å². The molecule has 2 aliphatic rings. The maximum Gasteiger partial charge on any atom is 0.00729 e. The van der Waals surface area contributed by atoms with Gasteiger partial charge in [0.2, 0.25) is 0 Å². The Morgan fingerprint density at radius 2 is 1.58 bits per heavy atom. The fourth-order valence-electron chi connectivity index (χ4n) is 2.65. The maximum absolute atomic E-state index is 3.68. The number of fused-ring (bicyclic) bond motifs is 2. The van der Waals surface area contributed by atoms with Gasteiger partial charge in [-0.3, -0.25) is 0 Å². The van der Waals surface area contributed by atoms with Crippen LogP contribution in [0.15, 0.2) is 0 Å². The topological polar surface area (TPSA) is 12.0 Å². The molecule has 72 valence electrons. The van der Waals surface area contributed by atoms with Gasteiger partial charge in [0.25, 0.3) is 0 Å². The highest BCUT2D eigenvalue weighted by Crippen LogP contribution is 2.34. The summed E-state index contributed by atoms with van der Waals surface area (Å²) >= 11 is 0. The summed E-state index contributed by atoms with van der Waals surface area (Å²) in [5.41, 5.74) is 0. The third-order valence-electron chi connectivity index (χ3n) is 3.45. The van der Waals surface area contributed by atoms with Crippen LogP contribution in [0.1, 0.15) is 39.5 Å². The number of nitrogens with one attached hydrogen (secondary N) is 1. The summed E-state index contributed by atoms with van der Waals surface area (Å²) in [5, 5.41) is 3.68. The number of hydrogen-bond donors (Lipinski definition) is 1. The average molecular weight is 190 g/mol. The van der Waals surface area contributed by atoms with Gasteiger partial charge in [-0.1, -0.05) is 13.8 Å². The first-order valence-electron chi connectivity index (χ1n) is 5.01. The molecule has 1 N–H and O–H groups in total. The standard InChI is InChI=1S/C10H19N.ClH/c1-7(2)8-5-9-3-4-10(6-8)11-9;/h7-11H,3-6H2,1-2H3;1H. The van der Waals surface area contributed by atoms with Crippen LogP contribution >= 0.6 is 12.4 Å². The van der Waals surface area contributed by atoms with Crippen molar-refractivity contribution in [2.24, 2.45) is 11.8 Å². The molecule has 0 saturated carbocycles. The predicted molar refractivity (Wildman–Crippen MR) is 54.8 cm³/mol. The van der Waals surface area contributed by atoms with Crippen LogP contribution in [0.2, 0.25) is 0 Å². The smallest absolute Gasteiger partial charge is 0.00729 e. The lowest BCUT2D eigenvalue weighted by Gasteiger charge is -2.31. The summed E-state index contributed by atoms with van der Waals surface area (Å²) in [6.45, 7) is 4.74. The molecule has 2 atom stereocenters. The van der Waals surface area contributed by atoms with Crippen molar-refractivity contribution >= 4 is 12.4 Å². The molecule has 2 heteroatoms. The second kappa shape index (κ2) is 3.97. The molecule has 0 aromatic heterocycles. The second-order valence-corrected chi connectivity index (χ2v) is 4.61. The first kappa shape index (κ1) is 10.3. The normalized spacial score (nSPS) is 39.8. The van der Waals surface area contributed by atoms with E-state index in [1.54, 1.807) is 0 Å². The molecule has 2 heterocycles. The minimum absolute atomic E-state index is 0. The molecule has 2 fully saturated rings. The molecule has 2 rings (SSSR count). The molecule has 0 spiro atoms. The van der Waals surface area contributed by atoms with Gasteiger partial charge >= 0.3 is 0 Å². The van der Waals surface area contributed by atoms with Gasteiger partial charge < -0.3 is 5.32 Å². The van der Waals surface area contributed by atoms with E-state index in [0.29, 0.717) is 0 Å². The van der Waals surface area contributed by atoms with Crippen molar-refractivity contribution in [2.75, 3.05) is 0 Å². The van der Waals surface area contributed by atoms with E-state index in [4.69, 9.17) is 0 Å². The van der Waals surface area contributed by atoms with E-state index in [9.17, 15) is 0 Å². The molecule has 12 heavy (non-hydrogen) atoms. The Balaban J connectivity index is 0.000000720. The van der Waals surface area contributed by atoms with Crippen molar-refractivity contribution < 1.29 is 0 Å². The molecule has 2 aliphatic heterocycles. The van der Waals surface area contributed by atoms with Gasteiger partial charge in [-0.25, -0.2) is 0 Å². The van der Waals surface area contributed by atoms with E-state index < -0.39 is 0 Å². The van der Waals surface area contributed by atoms with Crippen LogP contribution in [0.3, 0.4) is 0 Å². The van der Waals surface area contributed by atoms with Gasteiger partial charge in [0.15, 0.2) is 0 Å². The van der Waals surface area contributed by atoms with Crippen LogP contribution in [0.5, 0.6) is 0 Å². The van der Waals surface area contributed by atoms with Crippen molar-refractivity contribution in [3.05, 3.63) is 0 Å². The van der Waals surface area contributed by atoms with Crippen molar-refractivity contribution in [1.29, 1.82) is 0 Å². The summed E-state index contributed by atoms with van der Waals surface area (Å²) in [7, 11) is 0. The number of rotatable bonds is 1. The summed E-state index contributed by atoms with van der Waals surface area (Å²) in [4.78, 5) is 0. The van der Waals surface area contributed by atoms with Gasteiger partial charge in [-0.2, -0.15) is 0 Å². The first-order valence-corrected chi connectivity index (χ1v) is 5.01. The van der Waals surface area contributed by atoms with E-state index in [0.717, 1.165) is 23.9 Å². The van der Waals surface area contributed by atoms with Crippen LogP contribution in [0.4, 0.5) is 0 Å². The molecule has 0 radical (unpaired) electrons. The Bertz CT molecular complexity index is 135. The zero-order chi connectivity index (χ0) is 7.84. The molecular formula is C10H20ClN. The summed E-state index contributed by atoms with van der Waals surface area (Å²) in [6, 6.07) is 1.75. The highest BCUT2D eigenvalue weighted by molar-refractivity contribution is 5.85. The van der Waals surface area contributed by atoms with Crippen LogP contribution in [-0.4, -0.2) is 12.1 Å². The Morgan fingerprint density at radius 3 is 2.00 bits per heavy atom. The minimum Gasteiger partial charge on any atom is -0.311 e. The fraction of sp³-hybridized carbons (Fsp3) is 1.00. The van der Waals surface area contributed by atoms with Gasteiger partial charge in [0.05, 0.1) is 0 Å². The van der Waals surface area contributed by atoms with Crippen molar-refractivity contribution in [1.82, 2.24) is 5.32 Å². The molecule has 2 saturated heterocycles. The summed E-state index contributed by atoms with van der Waals surface area (Å²) < 4.78 is 0. The van der Waals surface area contributed by atoms with Crippen LogP contribution in [-0.2, 0) is 0 Å². The molecule has 2 bridgehead atoms. The Kier molecular flexibility index (Phi) is 3.42. The Hall–Kier alpha value is 0.250. The molecule has 0 aromatic rings. The lowest BCUT2D eigenvalue weighted by Crippen LogP contribution is -2.39. The monoisotopic (exact) mass is 189 g/mol. The largest absolute Gasteiger partial charge is 0.311 e. The number of halogens is 1. The maximum atomic E-state index is 3.68. The van der Waals surface area contributed by atoms with Crippen molar-refractivity contribution in [3.8, 4) is 0 Å². The highest BCUT2D eigenvalue weighted by atomic mass is 35.5. The van der Waals surface area contributed by atoms with E-state index in [2.05, 4.69) is 19.2 Å². The van der Waals surface area contributed by atoms with Crippen molar-refractivity contribution in [3.63, 3.8) is 0 Å². The second-order valence-electron chi connectivity index (χ2n) is 4.61.